The van der Waals surface area contributed by atoms with E-state index < -0.39 is 29.4 Å². The maximum atomic E-state index is 12.9. The second-order valence-corrected chi connectivity index (χ2v) is 8.59. The Bertz CT molecular complexity index is 1000. The fourth-order valence-electron chi connectivity index (χ4n) is 4.46. The van der Waals surface area contributed by atoms with Gasteiger partial charge in [-0.2, -0.15) is 0 Å². The summed E-state index contributed by atoms with van der Waals surface area (Å²) in [6.45, 7) is 2.25. The van der Waals surface area contributed by atoms with Crippen molar-refractivity contribution in [3.05, 3.63) is 59.7 Å². The standard InChI is InChI=1S/C25H28N2O6/c1-16(22(28)29)14-26-23(30)25(10-12-32-13-11-25)27-24(31)33-15-21-19-8-4-2-6-17(19)18-7-3-5-9-20(18)21/h2-9,16,21H,10-15H2,1H3,(H,26,30)(H,27,31)(H,28,29). The van der Waals surface area contributed by atoms with Crippen LogP contribution >= 0.6 is 0 Å². The number of aliphatic carboxylic acids is 1. The topological polar surface area (TPSA) is 114 Å². The van der Waals surface area contributed by atoms with E-state index in [1.165, 1.54) is 6.92 Å². The first-order valence-electron chi connectivity index (χ1n) is 11.1. The molecule has 0 spiro atoms. The van der Waals surface area contributed by atoms with Crippen LogP contribution in [0.2, 0.25) is 0 Å². The van der Waals surface area contributed by atoms with Gasteiger partial charge < -0.3 is 25.2 Å². The van der Waals surface area contributed by atoms with Gasteiger partial charge in [0.25, 0.3) is 0 Å². The molecule has 0 radical (unpaired) electrons. The van der Waals surface area contributed by atoms with Crippen LogP contribution in [-0.2, 0) is 19.1 Å². The van der Waals surface area contributed by atoms with Crippen molar-refractivity contribution in [2.45, 2.75) is 31.2 Å². The number of benzene rings is 2. The van der Waals surface area contributed by atoms with Crippen LogP contribution in [-0.4, -0.2) is 55.0 Å². The van der Waals surface area contributed by atoms with Gasteiger partial charge in [0.05, 0.1) is 5.92 Å². The van der Waals surface area contributed by atoms with Gasteiger partial charge in [-0.05, 0) is 22.3 Å². The Morgan fingerprint density at radius 2 is 1.64 bits per heavy atom. The van der Waals surface area contributed by atoms with Crippen molar-refractivity contribution in [2.75, 3.05) is 26.4 Å². The van der Waals surface area contributed by atoms with Gasteiger partial charge >= 0.3 is 12.1 Å². The molecule has 1 saturated heterocycles. The van der Waals surface area contributed by atoms with Crippen LogP contribution in [0.4, 0.5) is 4.79 Å². The van der Waals surface area contributed by atoms with Crippen molar-refractivity contribution in [1.29, 1.82) is 0 Å². The highest BCUT2D eigenvalue weighted by atomic mass is 16.5. The lowest BCUT2D eigenvalue weighted by atomic mass is 9.89. The monoisotopic (exact) mass is 452 g/mol. The van der Waals surface area contributed by atoms with Crippen molar-refractivity contribution in [1.82, 2.24) is 10.6 Å². The lowest BCUT2D eigenvalue weighted by Gasteiger charge is -2.36. The molecule has 3 N–H and O–H groups in total. The van der Waals surface area contributed by atoms with Gasteiger partial charge in [-0.1, -0.05) is 55.5 Å². The van der Waals surface area contributed by atoms with Crippen LogP contribution in [0, 0.1) is 5.92 Å². The molecular weight excluding hydrogens is 424 g/mol. The van der Waals surface area contributed by atoms with Gasteiger partial charge in [-0.3, -0.25) is 9.59 Å². The number of alkyl carbamates (subject to hydrolysis) is 1. The molecule has 2 amide bonds. The molecule has 1 aliphatic heterocycles. The number of ether oxygens (including phenoxy) is 2. The second kappa shape index (κ2) is 9.62. The number of amides is 2. The first-order valence-corrected chi connectivity index (χ1v) is 11.1. The van der Waals surface area contributed by atoms with Crippen molar-refractivity contribution in [2.24, 2.45) is 5.92 Å². The molecule has 174 valence electrons. The number of carboxylic acids is 1. The van der Waals surface area contributed by atoms with Crippen LogP contribution in [0.15, 0.2) is 48.5 Å². The largest absolute Gasteiger partial charge is 0.481 e. The minimum atomic E-state index is -1.20. The maximum Gasteiger partial charge on any atom is 0.408 e. The van der Waals surface area contributed by atoms with E-state index in [4.69, 9.17) is 14.6 Å². The maximum absolute atomic E-state index is 12.9. The number of hydrogen-bond acceptors (Lipinski definition) is 5. The molecule has 1 unspecified atom stereocenters. The van der Waals surface area contributed by atoms with Crippen molar-refractivity contribution in [3.63, 3.8) is 0 Å². The molecule has 1 aliphatic carbocycles. The fourth-order valence-corrected chi connectivity index (χ4v) is 4.46. The Balaban J connectivity index is 1.43. The number of rotatable bonds is 7. The van der Waals surface area contributed by atoms with Crippen LogP contribution in [0.3, 0.4) is 0 Å². The van der Waals surface area contributed by atoms with Crippen LogP contribution in [0.1, 0.15) is 36.8 Å². The van der Waals surface area contributed by atoms with E-state index in [0.717, 1.165) is 22.3 Å². The third-order valence-electron chi connectivity index (χ3n) is 6.46. The van der Waals surface area contributed by atoms with E-state index >= 15 is 0 Å². The summed E-state index contributed by atoms with van der Waals surface area (Å²) < 4.78 is 11.0. The Hall–Kier alpha value is -3.39. The summed E-state index contributed by atoms with van der Waals surface area (Å²) in [7, 11) is 0. The van der Waals surface area contributed by atoms with E-state index in [-0.39, 0.29) is 31.9 Å². The number of hydrogen-bond donors (Lipinski definition) is 3. The molecular formula is C25H28N2O6. The van der Waals surface area contributed by atoms with E-state index in [2.05, 4.69) is 22.8 Å². The Kier molecular flexibility index (Phi) is 6.65. The van der Waals surface area contributed by atoms with Crippen molar-refractivity contribution < 1.29 is 29.0 Å². The molecule has 4 rings (SSSR count). The molecule has 1 fully saturated rings. The summed E-state index contributed by atoms with van der Waals surface area (Å²) in [4.78, 5) is 36.8. The quantitative estimate of drug-likeness (QED) is 0.595. The summed E-state index contributed by atoms with van der Waals surface area (Å²) in [5, 5.41) is 14.5. The average Bonchev–Trinajstić information content (AvgIpc) is 3.15. The minimum absolute atomic E-state index is 0.0247. The number of fused-ring (bicyclic) bond motifs is 3. The van der Waals surface area contributed by atoms with Crippen molar-refractivity contribution in [3.8, 4) is 11.1 Å². The van der Waals surface area contributed by atoms with Crippen LogP contribution in [0.25, 0.3) is 11.1 Å². The summed E-state index contributed by atoms with van der Waals surface area (Å²) >= 11 is 0. The Labute approximate surface area is 192 Å². The van der Waals surface area contributed by atoms with Gasteiger partial charge in [0.1, 0.15) is 12.1 Å². The van der Waals surface area contributed by atoms with Gasteiger partial charge in [-0.25, -0.2) is 4.79 Å². The highest BCUT2D eigenvalue weighted by molar-refractivity contribution is 5.90. The molecule has 2 aromatic carbocycles. The normalized spacial score (nSPS) is 17.4. The highest BCUT2D eigenvalue weighted by Gasteiger charge is 2.42. The molecule has 33 heavy (non-hydrogen) atoms. The zero-order chi connectivity index (χ0) is 23.4. The predicted octanol–water partition coefficient (Wildman–Crippen LogP) is 2.91. The van der Waals surface area contributed by atoms with Gasteiger partial charge in [0.15, 0.2) is 0 Å². The average molecular weight is 453 g/mol. The molecule has 8 nitrogen and oxygen atoms in total. The van der Waals surface area contributed by atoms with E-state index in [1.54, 1.807) is 0 Å². The van der Waals surface area contributed by atoms with Gasteiger partial charge in [0, 0.05) is 38.5 Å². The third kappa shape index (κ3) is 4.71. The van der Waals surface area contributed by atoms with Crippen LogP contribution in [0.5, 0.6) is 0 Å². The van der Waals surface area contributed by atoms with E-state index in [0.29, 0.717) is 13.2 Å². The Morgan fingerprint density at radius 1 is 1.06 bits per heavy atom. The van der Waals surface area contributed by atoms with Crippen LogP contribution < -0.4 is 10.6 Å². The molecule has 0 aromatic heterocycles. The molecule has 2 aromatic rings. The first-order chi connectivity index (χ1) is 15.9. The smallest absolute Gasteiger partial charge is 0.408 e. The number of nitrogens with one attached hydrogen (secondary N) is 2. The lowest BCUT2D eigenvalue weighted by Crippen LogP contribution is -2.61. The summed E-state index contributed by atoms with van der Waals surface area (Å²) in [6.07, 6.45) is -0.116. The molecule has 0 bridgehead atoms. The third-order valence-corrected chi connectivity index (χ3v) is 6.46. The zero-order valence-corrected chi connectivity index (χ0v) is 18.5. The van der Waals surface area contributed by atoms with Gasteiger partial charge in [-0.15, -0.1) is 0 Å². The fraction of sp³-hybridized carbons (Fsp3) is 0.400. The zero-order valence-electron chi connectivity index (χ0n) is 18.5. The lowest BCUT2D eigenvalue weighted by molar-refractivity contribution is -0.141. The molecule has 2 aliphatic rings. The number of carboxylic acid groups (broad SMARTS) is 1. The highest BCUT2D eigenvalue weighted by Crippen LogP contribution is 2.44. The van der Waals surface area contributed by atoms with Crippen molar-refractivity contribution >= 4 is 18.0 Å². The molecule has 1 atom stereocenters. The summed E-state index contributed by atoms with van der Waals surface area (Å²) in [6, 6.07) is 16.1. The molecule has 8 heteroatoms. The SMILES string of the molecule is CC(CNC(=O)C1(NC(=O)OCC2c3ccccc3-c3ccccc32)CCOCC1)C(=O)O. The second-order valence-electron chi connectivity index (χ2n) is 8.59. The van der Waals surface area contributed by atoms with E-state index in [1.807, 2.05) is 36.4 Å². The molecule has 1 heterocycles. The molecule has 0 saturated carbocycles. The number of carbonyl (C=O) groups is 3. The minimum Gasteiger partial charge on any atom is -0.481 e. The van der Waals surface area contributed by atoms with Gasteiger partial charge in [0.2, 0.25) is 5.91 Å². The predicted molar refractivity (Wildman–Crippen MR) is 121 cm³/mol. The number of carbonyl (C=O) groups excluding carboxylic acids is 2. The Morgan fingerprint density at radius 3 is 2.21 bits per heavy atom. The summed E-state index contributed by atoms with van der Waals surface area (Å²) in [5.74, 6) is -2.24. The van der Waals surface area contributed by atoms with E-state index in [9.17, 15) is 14.4 Å². The summed E-state index contributed by atoms with van der Waals surface area (Å²) in [5.41, 5.74) is 3.28. The first kappa shape index (κ1) is 22.8.